The van der Waals surface area contributed by atoms with Gasteiger partial charge in [-0.05, 0) is 50.1 Å². The third kappa shape index (κ3) is 4.28. The zero-order valence-corrected chi connectivity index (χ0v) is 12.2. The largest absolute Gasteiger partial charge is 0.457 e. The molecule has 0 aliphatic heterocycles. The van der Waals surface area contributed by atoms with Crippen LogP contribution in [0.25, 0.3) is 0 Å². The molecule has 21 heavy (non-hydrogen) atoms. The Morgan fingerprint density at radius 2 is 1.52 bits per heavy atom. The summed E-state index contributed by atoms with van der Waals surface area (Å²) in [5.41, 5.74) is 0.916. The summed E-state index contributed by atoms with van der Waals surface area (Å²) in [4.78, 5) is 23.0. The van der Waals surface area contributed by atoms with Crippen LogP contribution >= 0.6 is 0 Å². The summed E-state index contributed by atoms with van der Waals surface area (Å²) in [5, 5.41) is 0. The highest BCUT2D eigenvalue weighted by Crippen LogP contribution is 2.23. The van der Waals surface area contributed by atoms with E-state index in [9.17, 15) is 9.59 Å². The van der Waals surface area contributed by atoms with Gasteiger partial charge in [0, 0.05) is 0 Å². The maximum absolute atomic E-state index is 11.5. The van der Waals surface area contributed by atoms with Crippen LogP contribution < -0.4 is 4.74 Å². The van der Waals surface area contributed by atoms with E-state index in [1.807, 2.05) is 54.6 Å². The highest BCUT2D eigenvalue weighted by molar-refractivity contribution is 6.00. The van der Waals surface area contributed by atoms with Crippen molar-refractivity contribution >= 4 is 11.6 Å². The molecule has 0 saturated heterocycles. The molecule has 2 aromatic rings. The lowest BCUT2D eigenvalue weighted by molar-refractivity contribution is -0.130. The van der Waals surface area contributed by atoms with Crippen LogP contribution in [0.2, 0.25) is 0 Å². The van der Waals surface area contributed by atoms with Crippen LogP contribution in [-0.2, 0) is 16.0 Å². The molecule has 0 aliphatic carbocycles. The van der Waals surface area contributed by atoms with E-state index in [4.69, 9.17) is 4.74 Å². The van der Waals surface area contributed by atoms with Gasteiger partial charge in [0.1, 0.15) is 23.1 Å². The Hall–Kier alpha value is -2.42. The number of benzene rings is 2. The maximum Gasteiger partial charge on any atom is 0.140 e. The van der Waals surface area contributed by atoms with Crippen LogP contribution in [0.1, 0.15) is 19.4 Å². The lowest BCUT2D eigenvalue weighted by Crippen LogP contribution is -2.21. The number of carbonyl (C=O) groups excluding carboxylic acids is 2. The van der Waals surface area contributed by atoms with Crippen molar-refractivity contribution in [2.45, 2.75) is 20.3 Å². The summed E-state index contributed by atoms with van der Waals surface area (Å²) >= 11 is 0. The molecule has 0 atom stereocenters. The van der Waals surface area contributed by atoms with E-state index in [0.29, 0.717) is 12.2 Å². The quantitative estimate of drug-likeness (QED) is 0.757. The summed E-state index contributed by atoms with van der Waals surface area (Å²) in [7, 11) is 0. The van der Waals surface area contributed by atoms with Gasteiger partial charge in [0.25, 0.3) is 0 Å². The zero-order chi connectivity index (χ0) is 15.2. The molecule has 0 fully saturated rings. The molecule has 0 unspecified atom stereocenters. The van der Waals surface area contributed by atoms with E-state index in [1.54, 1.807) is 0 Å². The summed E-state index contributed by atoms with van der Waals surface area (Å²) in [6, 6.07) is 17.0. The van der Waals surface area contributed by atoms with E-state index in [0.717, 1.165) is 11.3 Å². The van der Waals surface area contributed by atoms with E-state index in [-0.39, 0.29) is 11.6 Å². The van der Waals surface area contributed by atoms with Gasteiger partial charge in [0.2, 0.25) is 0 Å². The molecule has 0 amide bonds. The zero-order valence-electron chi connectivity index (χ0n) is 12.2. The van der Waals surface area contributed by atoms with Gasteiger partial charge in [-0.25, -0.2) is 0 Å². The van der Waals surface area contributed by atoms with Crippen LogP contribution in [-0.4, -0.2) is 11.6 Å². The second-order valence-electron chi connectivity index (χ2n) is 5.04. The van der Waals surface area contributed by atoms with E-state index < -0.39 is 5.92 Å². The maximum atomic E-state index is 11.5. The molecule has 0 aromatic heterocycles. The van der Waals surface area contributed by atoms with Crippen molar-refractivity contribution in [3.63, 3.8) is 0 Å². The third-order valence-corrected chi connectivity index (χ3v) is 3.30. The van der Waals surface area contributed by atoms with Crippen molar-refractivity contribution in [2.75, 3.05) is 0 Å². The fourth-order valence-corrected chi connectivity index (χ4v) is 2.17. The normalized spacial score (nSPS) is 10.4. The summed E-state index contributed by atoms with van der Waals surface area (Å²) < 4.78 is 5.75. The van der Waals surface area contributed by atoms with Gasteiger partial charge >= 0.3 is 0 Å². The minimum Gasteiger partial charge on any atom is -0.457 e. The Labute approximate surface area is 124 Å². The van der Waals surface area contributed by atoms with Gasteiger partial charge in [0.05, 0.1) is 5.92 Å². The summed E-state index contributed by atoms with van der Waals surface area (Å²) in [5.74, 6) is 0.680. The average Bonchev–Trinajstić information content (AvgIpc) is 2.45. The molecular weight excluding hydrogens is 264 g/mol. The van der Waals surface area contributed by atoms with Crippen molar-refractivity contribution in [1.29, 1.82) is 0 Å². The van der Waals surface area contributed by atoms with Crippen LogP contribution in [0.4, 0.5) is 0 Å². The van der Waals surface area contributed by atoms with Gasteiger partial charge in [-0.15, -0.1) is 0 Å². The molecule has 2 aromatic carbocycles. The number of ether oxygens (including phenoxy) is 1. The molecule has 108 valence electrons. The van der Waals surface area contributed by atoms with Crippen LogP contribution in [0.3, 0.4) is 0 Å². The number of carbonyl (C=O) groups is 2. The summed E-state index contributed by atoms with van der Waals surface area (Å²) in [6.45, 7) is 2.91. The van der Waals surface area contributed by atoms with Crippen molar-refractivity contribution < 1.29 is 14.3 Å². The molecule has 0 N–H and O–H groups in total. The van der Waals surface area contributed by atoms with Crippen LogP contribution in [0.5, 0.6) is 11.5 Å². The monoisotopic (exact) mass is 282 g/mol. The highest BCUT2D eigenvalue weighted by Gasteiger charge is 2.19. The van der Waals surface area contributed by atoms with E-state index in [2.05, 4.69) is 0 Å². The molecule has 2 rings (SSSR count). The molecule has 3 nitrogen and oxygen atoms in total. The number of rotatable bonds is 6. The highest BCUT2D eigenvalue weighted by atomic mass is 16.5. The van der Waals surface area contributed by atoms with Gasteiger partial charge in [0.15, 0.2) is 0 Å². The van der Waals surface area contributed by atoms with Crippen LogP contribution in [0.15, 0.2) is 54.6 Å². The Morgan fingerprint density at radius 1 is 0.905 bits per heavy atom. The SMILES string of the molecule is CC(=O)C(Cc1cccc(Oc2ccccc2)c1)C(C)=O. The first-order chi connectivity index (χ1) is 10.1. The Morgan fingerprint density at radius 3 is 2.14 bits per heavy atom. The number of ketones is 2. The van der Waals surface area contributed by atoms with Gasteiger partial charge < -0.3 is 4.74 Å². The standard InChI is InChI=1S/C18H18O3/c1-13(19)18(14(2)20)12-15-7-6-10-17(11-15)21-16-8-4-3-5-9-16/h3-11,18H,12H2,1-2H3. The fraction of sp³-hybridized carbons (Fsp3) is 0.222. The molecule has 0 heterocycles. The Kier molecular flexibility index (Phi) is 4.88. The molecular formula is C18H18O3. The predicted octanol–water partition coefficient (Wildman–Crippen LogP) is 3.82. The number of hydrogen-bond donors (Lipinski definition) is 0. The van der Waals surface area contributed by atoms with Gasteiger partial charge in [-0.2, -0.15) is 0 Å². The van der Waals surface area contributed by atoms with Gasteiger partial charge in [-0.1, -0.05) is 30.3 Å². The Balaban J connectivity index is 2.14. The van der Waals surface area contributed by atoms with Crippen molar-refractivity contribution in [2.24, 2.45) is 5.92 Å². The second-order valence-corrected chi connectivity index (χ2v) is 5.04. The van der Waals surface area contributed by atoms with E-state index in [1.165, 1.54) is 13.8 Å². The minimum atomic E-state index is -0.572. The number of Topliss-reactive ketones (excluding diaryl/α,β-unsaturated/α-hetero) is 2. The van der Waals surface area contributed by atoms with Crippen molar-refractivity contribution in [3.05, 3.63) is 60.2 Å². The average molecular weight is 282 g/mol. The molecule has 0 saturated carbocycles. The lowest BCUT2D eigenvalue weighted by Gasteiger charge is -2.11. The number of para-hydroxylation sites is 1. The van der Waals surface area contributed by atoms with Crippen molar-refractivity contribution in [3.8, 4) is 11.5 Å². The minimum absolute atomic E-state index is 0.100. The van der Waals surface area contributed by atoms with Crippen molar-refractivity contribution in [1.82, 2.24) is 0 Å². The number of hydrogen-bond acceptors (Lipinski definition) is 3. The molecule has 0 radical (unpaired) electrons. The van der Waals surface area contributed by atoms with Crippen LogP contribution in [0, 0.1) is 5.92 Å². The first-order valence-electron chi connectivity index (χ1n) is 6.89. The first kappa shape index (κ1) is 15.0. The topological polar surface area (TPSA) is 43.4 Å². The molecule has 0 bridgehead atoms. The molecule has 0 aliphatic rings. The Bertz CT molecular complexity index is 618. The second kappa shape index (κ2) is 6.84. The van der Waals surface area contributed by atoms with E-state index >= 15 is 0 Å². The first-order valence-corrected chi connectivity index (χ1v) is 6.89. The predicted molar refractivity (Wildman–Crippen MR) is 81.5 cm³/mol. The van der Waals surface area contributed by atoms with Gasteiger partial charge in [-0.3, -0.25) is 9.59 Å². The smallest absolute Gasteiger partial charge is 0.140 e. The lowest BCUT2D eigenvalue weighted by atomic mass is 9.92. The summed E-state index contributed by atoms with van der Waals surface area (Å²) in [6.07, 6.45) is 0.413. The molecule has 0 spiro atoms. The fourth-order valence-electron chi connectivity index (χ4n) is 2.17. The third-order valence-electron chi connectivity index (χ3n) is 3.30. The molecule has 3 heteroatoms.